The minimum atomic E-state index is -0.426. The molecule has 0 aliphatic rings. The maximum atomic E-state index is 12.0. The van der Waals surface area contributed by atoms with Crippen LogP contribution in [0, 0.1) is 13.8 Å². The number of halogens is 1. The third-order valence-corrected chi connectivity index (χ3v) is 4.41. The van der Waals surface area contributed by atoms with Crippen LogP contribution in [0.5, 0.6) is 11.5 Å². The molecule has 7 nitrogen and oxygen atoms in total. The second kappa shape index (κ2) is 10.4. The Balaban J connectivity index is 1.59. The molecule has 0 aliphatic carbocycles. The van der Waals surface area contributed by atoms with E-state index in [0.29, 0.717) is 27.7 Å². The van der Waals surface area contributed by atoms with E-state index in [0.717, 1.165) is 11.1 Å². The Labute approximate surface area is 185 Å². The van der Waals surface area contributed by atoms with Gasteiger partial charge < -0.3 is 9.84 Å². The van der Waals surface area contributed by atoms with Crippen molar-refractivity contribution in [1.29, 1.82) is 0 Å². The first-order valence-electron chi connectivity index (χ1n) is 9.43. The smallest absolute Gasteiger partial charge is 0.277 e. The maximum Gasteiger partial charge on any atom is 0.277 e. The van der Waals surface area contributed by atoms with Crippen molar-refractivity contribution in [3.8, 4) is 11.5 Å². The average molecular weight is 437 g/mol. The molecule has 0 aromatic heterocycles. The van der Waals surface area contributed by atoms with Crippen molar-refractivity contribution in [2.24, 2.45) is 15.3 Å². The normalized spacial score (nSPS) is 11.2. The van der Waals surface area contributed by atoms with Gasteiger partial charge in [0.2, 0.25) is 0 Å². The fraction of sp³-hybridized carbons (Fsp3) is 0.130. The largest absolute Gasteiger partial charge is 0.507 e. The summed E-state index contributed by atoms with van der Waals surface area (Å²) in [6.07, 6.45) is 1.32. The molecule has 31 heavy (non-hydrogen) atoms. The summed E-state index contributed by atoms with van der Waals surface area (Å²) in [5, 5.41) is 22.6. The number of ether oxygens (including phenoxy) is 1. The number of hydrogen-bond acceptors (Lipinski definition) is 6. The molecule has 8 heteroatoms. The van der Waals surface area contributed by atoms with Crippen molar-refractivity contribution in [2.45, 2.75) is 13.8 Å². The quantitative estimate of drug-likeness (QED) is 0.286. The average Bonchev–Trinajstić information content (AvgIpc) is 2.73. The molecule has 3 aromatic carbocycles. The summed E-state index contributed by atoms with van der Waals surface area (Å²) in [5.74, 6) is 0.177. The lowest BCUT2D eigenvalue weighted by Crippen LogP contribution is -2.24. The second-order valence-electron chi connectivity index (χ2n) is 6.80. The number of rotatable bonds is 7. The van der Waals surface area contributed by atoms with Crippen LogP contribution in [0.15, 0.2) is 76.0 Å². The maximum absolute atomic E-state index is 12.0. The number of aryl methyl sites for hydroxylation is 2. The molecule has 0 aliphatic heterocycles. The minimum Gasteiger partial charge on any atom is -0.507 e. The zero-order valence-electron chi connectivity index (χ0n) is 17.0. The van der Waals surface area contributed by atoms with E-state index in [4.69, 9.17) is 16.3 Å². The highest BCUT2D eigenvalue weighted by Crippen LogP contribution is 2.27. The highest BCUT2D eigenvalue weighted by molar-refractivity contribution is 6.32. The number of hydrogen-bond donors (Lipinski definition) is 2. The lowest BCUT2D eigenvalue weighted by molar-refractivity contribution is -0.123. The molecule has 0 heterocycles. The number of phenolic OH excluding ortho intramolecular Hbond substituents is 1. The van der Waals surface area contributed by atoms with Crippen LogP contribution in [-0.4, -0.2) is 23.8 Å². The van der Waals surface area contributed by atoms with Crippen LogP contribution in [-0.2, 0) is 4.79 Å². The van der Waals surface area contributed by atoms with E-state index < -0.39 is 5.91 Å². The van der Waals surface area contributed by atoms with Crippen molar-refractivity contribution in [2.75, 3.05) is 6.61 Å². The van der Waals surface area contributed by atoms with Crippen molar-refractivity contribution >= 4 is 35.1 Å². The first-order valence-corrected chi connectivity index (χ1v) is 9.81. The van der Waals surface area contributed by atoms with E-state index in [9.17, 15) is 9.90 Å². The van der Waals surface area contributed by atoms with Gasteiger partial charge in [0.05, 0.1) is 16.9 Å². The summed E-state index contributed by atoms with van der Waals surface area (Å²) in [4.78, 5) is 12.0. The lowest BCUT2D eigenvalue weighted by Gasteiger charge is -2.07. The summed E-state index contributed by atoms with van der Waals surface area (Å²) < 4.78 is 5.49. The molecule has 158 valence electrons. The number of benzene rings is 3. The molecular weight excluding hydrogens is 416 g/mol. The Morgan fingerprint density at radius 1 is 1.06 bits per heavy atom. The fourth-order valence-corrected chi connectivity index (χ4v) is 2.90. The van der Waals surface area contributed by atoms with Gasteiger partial charge in [-0.3, -0.25) is 4.79 Å². The van der Waals surface area contributed by atoms with Crippen molar-refractivity contribution in [3.63, 3.8) is 0 Å². The number of carbonyl (C=O) groups is 1. The minimum absolute atomic E-state index is 0.0128. The molecule has 0 atom stereocenters. The fourth-order valence-electron chi connectivity index (χ4n) is 2.72. The first kappa shape index (κ1) is 22.0. The topological polar surface area (TPSA) is 95.6 Å². The standard InChI is InChI=1S/C23H21ClN4O3/c1-15-9-16(2)11-19(10-15)31-14-23(30)28-25-13-17-12-18(7-8-22(17)29)26-27-21-6-4-3-5-20(21)24/h3-13,29H,14H2,1-2H3,(H,28,30)/b25-13-,27-26?. The summed E-state index contributed by atoms with van der Waals surface area (Å²) in [5.41, 5.74) is 5.86. The van der Waals surface area contributed by atoms with E-state index in [-0.39, 0.29) is 12.4 Å². The molecule has 0 fully saturated rings. The molecule has 0 bridgehead atoms. The summed E-state index contributed by atoms with van der Waals surface area (Å²) in [6.45, 7) is 3.73. The predicted octanol–water partition coefficient (Wildman–Crippen LogP) is 5.61. The Morgan fingerprint density at radius 2 is 1.81 bits per heavy atom. The number of amides is 1. The van der Waals surface area contributed by atoms with Gasteiger partial charge in [-0.15, -0.1) is 5.11 Å². The van der Waals surface area contributed by atoms with E-state index in [1.807, 2.05) is 38.1 Å². The van der Waals surface area contributed by atoms with Gasteiger partial charge in [0.25, 0.3) is 5.91 Å². The van der Waals surface area contributed by atoms with Gasteiger partial charge in [-0.25, -0.2) is 5.43 Å². The van der Waals surface area contributed by atoms with Gasteiger partial charge in [-0.2, -0.15) is 10.2 Å². The van der Waals surface area contributed by atoms with E-state index >= 15 is 0 Å². The van der Waals surface area contributed by atoms with Crippen LogP contribution in [0.25, 0.3) is 0 Å². The van der Waals surface area contributed by atoms with Gasteiger partial charge >= 0.3 is 0 Å². The monoisotopic (exact) mass is 436 g/mol. The van der Waals surface area contributed by atoms with Gasteiger partial charge in [0.1, 0.15) is 17.2 Å². The number of phenols is 1. The summed E-state index contributed by atoms with van der Waals surface area (Å²) in [7, 11) is 0. The van der Waals surface area contributed by atoms with Crippen LogP contribution < -0.4 is 10.2 Å². The Bertz CT molecular complexity index is 1130. The number of azo groups is 1. The molecule has 3 aromatic rings. The van der Waals surface area contributed by atoms with Crippen molar-refractivity contribution in [1.82, 2.24) is 5.43 Å². The molecule has 3 rings (SSSR count). The molecule has 0 saturated carbocycles. The lowest BCUT2D eigenvalue weighted by atomic mass is 10.1. The third kappa shape index (κ3) is 6.65. The molecule has 0 radical (unpaired) electrons. The first-order chi connectivity index (χ1) is 14.9. The Kier molecular flexibility index (Phi) is 7.35. The predicted molar refractivity (Wildman–Crippen MR) is 121 cm³/mol. The Hall–Kier alpha value is -3.71. The van der Waals surface area contributed by atoms with E-state index in [1.54, 1.807) is 30.3 Å². The second-order valence-corrected chi connectivity index (χ2v) is 7.21. The van der Waals surface area contributed by atoms with Crippen LogP contribution >= 0.6 is 11.6 Å². The van der Waals surface area contributed by atoms with Crippen LogP contribution in [0.3, 0.4) is 0 Å². The van der Waals surface area contributed by atoms with E-state index in [2.05, 4.69) is 20.8 Å². The number of nitrogens with zero attached hydrogens (tertiary/aromatic N) is 3. The molecule has 1 amide bonds. The highest BCUT2D eigenvalue weighted by Gasteiger charge is 2.04. The van der Waals surface area contributed by atoms with Gasteiger partial charge in [-0.05, 0) is 67.4 Å². The number of carbonyl (C=O) groups excluding carboxylic acids is 1. The molecule has 0 spiro atoms. The molecule has 2 N–H and O–H groups in total. The van der Waals surface area contributed by atoms with E-state index in [1.165, 1.54) is 12.3 Å². The molecule has 0 unspecified atom stereocenters. The highest BCUT2D eigenvalue weighted by atomic mass is 35.5. The van der Waals surface area contributed by atoms with Crippen LogP contribution in [0.4, 0.5) is 11.4 Å². The number of nitrogens with one attached hydrogen (secondary N) is 1. The molecular formula is C23H21ClN4O3. The van der Waals surface area contributed by atoms with Crippen molar-refractivity contribution in [3.05, 3.63) is 82.4 Å². The summed E-state index contributed by atoms with van der Waals surface area (Å²) >= 11 is 6.06. The van der Waals surface area contributed by atoms with Gasteiger partial charge in [0, 0.05) is 5.56 Å². The third-order valence-electron chi connectivity index (χ3n) is 4.09. The number of hydrazone groups is 1. The van der Waals surface area contributed by atoms with Gasteiger partial charge in [-0.1, -0.05) is 29.8 Å². The van der Waals surface area contributed by atoms with Crippen LogP contribution in [0.2, 0.25) is 5.02 Å². The zero-order valence-corrected chi connectivity index (χ0v) is 17.8. The van der Waals surface area contributed by atoms with Gasteiger partial charge in [0.15, 0.2) is 6.61 Å². The Morgan fingerprint density at radius 3 is 2.55 bits per heavy atom. The zero-order chi connectivity index (χ0) is 22.2. The van der Waals surface area contributed by atoms with Crippen LogP contribution in [0.1, 0.15) is 16.7 Å². The van der Waals surface area contributed by atoms with Crippen molar-refractivity contribution < 1.29 is 14.6 Å². The molecule has 0 saturated heterocycles. The SMILES string of the molecule is Cc1cc(C)cc(OCC(=O)N/N=C\c2cc(N=Nc3ccccc3Cl)ccc2O)c1. The number of aromatic hydroxyl groups is 1. The summed E-state index contributed by atoms with van der Waals surface area (Å²) in [6, 6.07) is 17.4.